The molecule has 150 valence electrons. The van der Waals surface area contributed by atoms with Gasteiger partial charge in [0.15, 0.2) is 0 Å². The lowest BCUT2D eigenvalue weighted by Crippen LogP contribution is -1.89. The van der Waals surface area contributed by atoms with Gasteiger partial charge >= 0.3 is 0 Å². The molecule has 0 bridgehead atoms. The molecule has 0 atom stereocenters. The molecule has 0 aliphatic carbocycles. The van der Waals surface area contributed by atoms with Crippen LogP contribution in [-0.2, 0) is 0 Å². The Bertz CT molecular complexity index is 805. The number of carbonyl (C=O) groups is 2. The fourth-order valence-corrected chi connectivity index (χ4v) is 2.04. The van der Waals surface area contributed by atoms with Crippen LogP contribution in [0.1, 0.15) is 41.1 Å². The van der Waals surface area contributed by atoms with E-state index in [0.717, 1.165) is 0 Å². The van der Waals surface area contributed by atoms with E-state index in [4.69, 9.17) is 5.73 Å². The zero-order chi connectivity index (χ0) is 19.4. The van der Waals surface area contributed by atoms with Crippen molar-refractivity contribution in [2.24, 2.45) is 0 Å². The van der Waals surface area contributed by atoms with Gasteiger partial charge < -0.3 is 5.73 Å². The largest absolute Gasteiger partial charge is 0.399 e. The van der Waals surface area contributed by atoms with Crippen LogP contribution in [0.3, 0.4) is 0 Å². The van der Waals surface area contributed by atoms with Crippen LogP contribution in [0.25, 0.3) is 0 Å². The highest BCUT2D eigenvalue weighted by atomic mass is 32.1. The average molecular weight is 416 g/mol. The molecule has 0 unspecified atom stereocenters. The molecular weight excluding hydrogens is 386 g/mol. The van der Waals surface area contributed by atoms with Crippen molar-refractivity contribution in [2.75, 3.05) is 5.73 Å². The standard InChI is InChI=1S/C7H7NOS.C7H6OS.C7H8.2CH4/c8-6-3-1-5(2-4-6)7(9)10;8-7(9)6-4-2-1-3-5-6;1-7-5-3-2-4-6-7;;/h1-4H,8H2,(H,9,10);1-5H,(H,8,9);2-6H,1H3;2*1H4. The third-order valence-electron chi connectivity index (χ3n) is 3.12. The van der Waals surface area contributed by atoms with E-state index in [-0.39, 0.29) is 25.1 Å². The summed E-state index contributed by atoms with van der Waals surface area (Å²) in [5.74, 6) is 0. The van der Waals surface area contributed by atoms with Crippen LogP contribution in [-0.4, -0.2) is 10.2 Å². The molecule has 0 amide bonds. The minimum atomic E-state index is -0.236. The zero-order valence-electron chi connectivity index (χ0n) is 14.4. The molecule has 0 fully saturated rings. The summed E-state index contributed by atoms with van der Waals surface area (Å²) in [6, 6.07) is 25.8. The lowest BCUT2D eigenvalue weighted by molar-refractivity contribution is 0.108. The molecule has 0 aliphatic heterocycles. The van der Waals surface area contributed by atoms with E-state index in [0.29, 0.717) is 16.8 Å². The van der Waals surface area contributed by atoms with Gasteiger partial charge in [-0.25, -0.2) is 0 Å². The third-order valence-corrected chi connectivity index (χ3v) is 3.64. The number of aryl methyl sites for hydroxylation is 1. The molecule has 3 rings (SSSR count). The van der Waals surface area contributed by atoms with Crippen LogP contribution >= 0.6 is 25.3 Å². The van der Waals surface area contributed by atoms with Gasteiger partial charge in [-0.1, -0.05) is 81.1 Å². The number of carbonyl (C=O) groups excluding carboxylic acids is 2. The highest BCUT2D eigenvalue weighted by molar-refractivity contribution is 7.97. The summed E-state index contributed by atoms with van der Waals surface area (Å²) in [6.45, 7) is 2.08. The fraction of sp³-hybridized carbons (Fsp3) is 0.130. The molecule has 0 aromatic heterocycles. The number of hydrogen-bond acceptors (Lipinski definition) is 3. The fourth-order valence-electron chi connectivity index (χ4n) is 1.74. The molecule has 5 heteroatoms. The van der Waals surface area contributed by atoms with Crippen LogP contribution in [0.5, 0.6) is 0 Å². The molecule has 28 heavy (non-hydrogen) atoms. The maximum atomic E-state index is 10.6. The summed E-state index contributed by atoms with van der Waals surface area (Å²) in [5, 5.41) is -0.421. The van der Waals surface area contributed by atoms with E-state index in [1.54, 1.807) is 36.4 Å². The average Bonchev–Trinajstić information content (AvgIpc) is 2.64. The predicted octanol–water partition coefficient (Wildman–Crippen LogP) is 6.36. The van der Waals surface area contributed by atoms with Crippen molar-refractivity contribution >= 4 is 41.2 Å². The topological polar surface area (TPSA) is 60.2 Å². The van der Waals surface area contributed by atoms with E-state index in [1.165, 1.54) is 5.56 Å². The highest BCUT2D eigenvalue weighted by Gasteiger charge is 1.96. The van der Waals surface area contributed by atoms with Gasteiger partial charge in [0.05, 0.1) is 0 Å². The Labute approximate surface area is 179 Å². The van der Waals surface area contributed by atoms with Crippen LogP contribution in [0.4, 0.5) is 5.69 Å². The molecule has 0 aliphatic rings. The Balaban J connectivity index is 0. The first-order valence-electron chi connectivity index (χ1n) is 7.79. The van der Waals surface area contributed by atoms with E-state index in [1.807, 2.05) is 36.4 Å². The van der Waals surface area contributed by atoms with E-state index >= 15 is 0 Å². The number of thiol groups is 2. The Hall–Kier alpha value is -2.50. The van der Waals surface area contributed by atoms with Crippen molar-refractivity contribution in [1.29, 1.82) is 0 Å². The first-order valence-corrected chi connectivity index (χ1v) is 8.68. The first-order chi connectivity index (χ1) is 12.4. The maximum absolute atomic E-state index is 10.6. The van der Waals surface area contributed by atoms with E-state index < -0.39 is 0 Å². The van der Waals surface area contributed by atoms with Gasteiger partial charge in [-0.05, 0) is 31.2 Å². The van der Waals surface area contributed by atoms with Gasteiger partial charge in [-0.2, -0.15) is 0 Å². The molecule has 3 aromatic rings. The Morgan fingerprint density at radius 2 is 1.00 bits per heavy atom. The van der Waals surface area contributed by atoms with Crippen molar-refractivity contribution < 1.29 is 9.59 Å². The molecule has 0 heterocycles. The van der Waals surface area contributed by atoms with E-state index in [2.05, 4.69) is 44.3 Å². The monoisotopic (exact) mass is 415 g/mol. The summed E-state index contributed by atoms with van der Waals surface area (Å²) >= 11 is 7.29. The minimum Gasteiger partial charge on any atom is -0.399 e. The predicted molar refractivity (Wildman–Crippen MR) is 129 cm³/mol. The maximum Gasteiger partial charge on any atom is 0.216 e. The summed E-state index contributed by atoms with van der Waals surface area (Å²) < 4.78 is 0. The number of hydrogen-bond donors (Lipinski definition) is 3. The molecule has 0 radical (unpaired) electrons. The molecular formula is C23H29NO2S2. The van der Waals surface area contributed by atoms with Gasteiger partial charge in [-0.15, -0.1) is 25.3 Å². The molecule has 0 saturated carbocycles. The summed E-state index contributed by atoms with van der Waals surface area (Å²) in [7, 11) is 0. The van der Waals surface area contributed by atoms with Gasteiger partial charge in [0.25, 0.3) is 0 Å². The summed E-state index contributed by atoms with van der Waals surface area (Å²) in [6.07, 6.45) is 0. The Morgan fingerprint density at radius 1 is 0.643 bits per heavy atom. The smallest absolute Gasteiger partial charge is 0.216 e. The van der Waals surface area contributed by atoms with Crippen molar-refractivity contribution in [2.45, 2.75) is 21.8 Å². The first kappa shape index (κ1) is 27.7. The normalized spacial score (nSPS) is 8.39. The summed E-state index contributed by atoms with van der Waals surface area (Å²) in [5.41, 5.74) is 8.57. The third kappa shape index (κ3) is 12.0. The molecule has 0 spiro atoms. The highest BCUT2D eigenvalue weighted by Crippen LogP contribution is 2.07. The second kappa shape index (κ2) is 15.5. The molecule has 0 saturated heterocycles. The quantitative estimate of drug-likeness (QED) is 0.337. The Kier molecular flexibility index (Phi) is 15.4. The molecule has 3 nitrogen and oxygen atoms in total. The van der Waals surface area contributed by atoms with Crippen molar-refractivity contribution in [3.8, 4) is 0 Å². The summed E-state index contributed by atoms with van der Waals surface area (Å²) in [4.78, 5) is 21.1. The lowest BCUT2D eigenvalue weighted by atomic mass is 10.2. The Morgan fingerprint density at radius 3 is 1.29 bits per heavy atom. The second-order valence-corrected chi connectivity index (χ2v) is 6.07. The lowest BCUT2D eigenvalue weighted by Gasteiger charge is -1.93. The number of nitrogens with two attached hydrogens (primary N) is 1. The molecule has 3 aromatic carbocycles. The number of anilines is 1. The minimum absolute atomic E-state index is 0. The van der Waals surface area contributed by atoms with Gasteiger partial charge in [0.2, 0.25) is 10.2 Å². The van der Waals surface area contributed by atoms with Gasteiger partial charge in [-0.3, -0.25) is 9.59 Å². The van der Waals surface area contributed by atoms with Gasteiger partial charge in [0, 0.05) is 16.8 Å². The van der Waals surface area contributed by atoms with Crippen molar-refractivity contribution in [3.05, 3.63) is 102 Å². The van der Waals surface area contributed by atoms with Crippen LogP contribution in [0, 0.1) is 6.92 Å². The van der Waals surface area contributed by atoms with Gasteiger partial charge in [0.1, 0.15) is 0 Å². The van der Waals surface area contributed by atoms with Crippen molar-refractivity contribution in [3.63, 3.8) is 0 Å². The number of benzene rings is 3. The SMILES string of the molecule is C.C.Cc1ccccc1.Nc1ccc(C(=O)S)cc1.O=C(S)c1ccccc1. The second-order valence-electron chi connectivity index (χ2n) is 5.25. The van der Waals surface area contributed by atoms with Crippen molar-refractivity contribution in [1.82, 2.24) is 0 Å². The zero-order valence-corrected chi connectivity index (χ0v) is 16.2. The number of rotatable bonds is 2. The van der Waals surface area contributed by atoms with Crippen LogP contribution in [0.15, 0.2) is 84.9 Å². The molecule has 2 N–H and O–H groups in total. The van der Waals surface area contributed by atoms with Crippen LogP contribution in [0.2, 0.25) is 0 Å². The van der Waals surface area contributed by atoms with E-state index in [9.17, 15) is 9.59 Å². The van der Waals surface area contributed by atoms with Crippen LogP contribution < -0.4 is 5.73 Å². The number of nitrogen functional groups attached to an aromatic ring is 1.